The molecular formula is C14H24N4O2. The zero-order valence-corrected chi connectivity index (χ0v) is 12.5. The van der Waals surface area contributed by atoms with E-state index >= 15 is 0 Å². The fourth-order valence-electron chi connectivity index (χ4n) is 2.18. The number of nitrogens with two attached hydrogens (primary N) is 1. The van der Waals surface area contributed by atoms with E-state index in [9.17, 15) is 0 Å². The van der Waals surface area contributed by atoms with E-state index in [-0.39, 0.29) is 11.5 Å². The zero-order chi connectivity index (χ0) is 14.6. The van der Waals surface area contributed by atoms with E-state index < -0.39 is 0 Å². The van der Waals surface area contributed by atoms with Gasteiger partial charge in [-0.3, -0.25) is 0 Å². The predicted octanol–water partition coefficient (Wildman–Crippen LogP) is 2.07. The molecule has 20 heavy (non-hydrogen) atoms. The van der Waals surface area contributed by atoms with Crippen molar-refractivity contribution in [2.45, 2.75) is 39.7 Å². The third-order valence-corrected chi connectivity index (χ3v) is 3.58. The van der Waals surface area contributed by atoms with Gasteiger partial charge in [0.1, 0.15) is 12.0 Å². The zero-order valence-electron chi connectivity index (χ0n) is 12.5. The molecular weight excluding hydrogens is 256 g/mol. The summed E-state index contributed by atoms with van der Waals surface area (Å²) in [5, 5.41) is 3.33. The third kappa shape index (κ3) is 3.72. The van der Waals surface area contributed by atoms with Crippen LogP contribution in [0.4, 0.5) is 11.5 Å². The van der Waals surface area contributed by atoms with E-state index in [0.29, 0.717) is 17.4 Å². The number of nitrogens with zero attached hydrogens (tertiary/aromatic N) is 2. The summed E-state index contributed by atoms with van der Waals surface area (Å²) in [6.45, 7) is 8.60. The smallest absolute Gasteiger partial charge is 0.242 e. The number of ether oxygens (including phenoxy) is 2. The van der Waals surface area contributed by atoms with Crippen molar-refractivity contribution in [1.29, 1.82) is 0 Å². The van der Waals surface area contributed by atoms with Gasteiger partial charge >= 0.3 is 0 Å². The summed E-state index contributed by atoms with van der Waals surface area (Å²) >= 11 is 0. The normalized spacial score (nSPS) is 18.0. The molecule has 0 bridgehead atoms. The van der Waals surface area contributed by atoms with Crippen molar-refractivity contribution in [3.63, 3.8) is 0 Å². The van der Waals surface area contributed by atoms with Crippen LogP contribution in [0, 0.1) is 5.41 Å². The quantitative estimate of drug-likeness (QED) is 0.859. The van der Waals surface area contributed by atoms with E-state index in [2.05, 4.69) is 22.2 Å². The van der Waals surface area contributed by atoms with E-state index in [4.69, 9.17) is 15.2 Å². The summed E-state index contributed by atoms with van der Waals surface area (Å²) in [5.41, 5.74) is 6.74. The Morgan fingerprint density at radius 2 is 2.10 bits per heavy atom. The Kier molecular flexibility index (Phi) is 4.65. The maximum atomic E-state index is 6.05. The lowest BCUT2D eigenvalue weighted by Gasteiger charge is -2.33. The Labute approximate surface area is 120 Å². The molecule has 0 aliphatic carbocycles. The van der Waals surface area contributed by atoms with Gasteiger partial charge in [-0.15, -0.1) is 0 Å². The Morgan fingerprint density at radius 3 is 2.75 bits per heavy atom. The summed E-state index contributed by atoms with van der Waals surface area (Å²) in [5.74, 6) is 1.08. The average Bonchev–Trinajstić information content (AvgIpc) is 2.40. The van der Waals surface area contributed by atoms with Crippen molar-refractivity contribution in [2.75, 3.05) is 30.8 Å². The molecule has 6 heteroatoms. The molecule has 1 aliphatic rings. The predicted molar refractivity (Wildman–Crippen MR) is 78.9 cm³/mol. The van der Waals surface area contributed by atoms with Gasteiger partial charge in [0.15, 0.2) is 5.82 Å². The molecule has 1 saturated heterocycles. The van der Waals surface area contributed by atoms with E-state index in [1.165, 1.54) is 6.33 Å². The average molecular weight is 280 g/mol. The standard InChI is InChI=1S/C14H24N4O2/c1-10(2)20-13-11(15)12(17-9-18-13)16-8-14(3)4-6-19-7-5-14/h9-10H,4-8,15H2,1-3H3,(H,16,17,18). The Bertz CT molecular complexity index is 445. The number of rotatable bonds is 5. The fourth-order valence-corrected chi connectivity index (χ4v) is 2.18. The summed E-state index contributed by atoms with van der Waals surface area (Å²) < 4.78 is 11.0. The van der Waals surface area contributed by atoms with Crippen molar-refractivity contribution < 1.29 is 9.47 Å². The molecule has 0 amide bonds. The van der Waals surface area contributed by atoms with Gasteiger partial charge in [0.25, 0.3) is 0 Å². The summed E-state index contributed by atoms with van der Waals surface area (Å²) in [4.78, 5) is 8.28. The second-order valence-electron chi connectivity index (χ2n) is 5.88. The highest BCUT2D eigenvalue weighted by Crippen LogP contribution is 2.31. The summed E-state index contributed by atoms with van der Waals surface area (Å²) in [6, 6.07) is 0. The van der Waals surface area contributed by atoms with Crippen LogP contribution in [-0.2, 0) is 4.74 Å². The van der Waals surface area contributed by atoms with Crippen molar-refractivity contribution in [3.05, 3.63) is 6.33 Å². The van der Waals surface area contributed by atoms with E-state index in [1.54, 1.807) is 0 Å². The van der Waals surface area contributed by atoms with Crippen LogP contribution in [0.2, 0.25) is 0 Å². The molecule has 3 N–H and O–H groups in total. The minimum atomic E-state index is 0.0352. The van der Waals surface area contributed by atoms with Crippen LogP contribution < -0.4 is 15.8 Å². The Balaban J connectivity index is 2.02. The van der Waals surface area contributed by atoms with Crippen molar-refractivity contribution in [1.82, 2.24) is 9.97 Å². The van der Waals surface area contributed by atoms with Gasteiger partial charge in [-0.25, -0.2) is 4.98 Å². The van der Waals surface area contributed by atoms with Crippen LogP contribution in [0.3, 0.4) is 0 Å². The first-order valence-electron chi connectivity index (χ1n) is 7.09. The molecule has 0 saturated carbocycles. The highest BCUT2D eigenvalue weighted by atomic mass is 16.5. The number of nitrogens with one attached hydrogen (secondary N) is 1. The fraction of sp³-hybridized carbons (Fsp3) is 0.714. The molecule has 1 aliphatic heterocycles. The first kappa shape index (κ1) is 14.8. The first-order valence-corrected chi connectivity index (χ1v) is 7.09. The summed E-state index contributed by atoms with van der Waals surface area (Å²) in [6.07, 6.45) is 3.59. The molecule has 0 spiro atoms. The molecule has 1 aromatic heterocycles. The van der Waals surface area contributed by atoms with Crippen LogP contribution >= 0.6 is 0 Å². The van der Waals surface area contributed by atoms with Gasteiger partial charge in [0.2, 0.25) is 5.88 Å². The van der Waals surface area contributed by atoms with Crippen LogP contribution in [0.15, 0.2) is 6.33 Å². The molecule has 1 fully saturated rings. The lowest BCUT2D eigenvalue weighted by Crippen LogP contribution is -2.33. The lowest BCUT2D eigenvalue weighted by atomic mass is 9.82. The van der Waals surface area contributed by atoms with Gasteiger partial charge in [0, 0.05) is 19.8 Å². The number of nitrogen functional groups attached to an aromatic ring is 1. The first-order chi connectivity index (χ1) is 9.50. The van der Waals surface area contributed by atoms with Gasteiger partial charge < -0.3 is 20.5 Å². The van der Waals surface area contributed by atoms with Crippen LogP contribution in [0.5, 0.6) is 5.88 Å². The largest absolute Gasteiger partial charge is 0.473 e. The monoisotopic (exact) mass is 280 g/mol. The van der Waals surface area contributed by atoms with Crippen molar-refractivity contribution in [2.24, 2.45) is 5.41 Å². The summed E-state index contributed by atoms with van der Waals surface area (Å²) in [7, 11) is 0. The number of hydrogen-bond donors (Lipinski definition) is 2. The van der Waals surface area contributed by atoms with Crippen LogP contribution in [0.25, 0.3) is 0 Å². The van der Waals surface area contributed by atoms with Gasteiger partial charge in [-0.1, -0.05) is 6.92 Å². The maximum absolute atomic E-state index is 6.05. The van der Waals surface area contributed by atoms with E-state index in [0.717, 1.165) is 32.6 Å². The minimum absolute atomic E-state index is 0.0352. The maximum Gasteiger partial charge on any atom is 0.242 e. The van der Waals surface area contributed by atoms with Crippen LogP contribution in [-0.4, -0.2) is 35.8 Å². The molecule has 0 unspecified atom stereocenters. The molecule has 6 nitrogen and oxygen atoms in total. The minimum Gasteiger partial charge on any atom is -0.473 e. The third-order valence-electron chi connectivity index (χ3n) is 3.58. The van der Waals surface area contributed by atoms with Gasteiger partial charge in [0.05, 0.1) is 6.10 Å². The molecule has 0 atom stereocenters. The van der Waals surface area contributed by atoms with Gasteiger partial charge in [-0.05, 0) is 32.1 Å². The molecule has 112 valence electrons. The second kappa shape index (κ2) is 6.26. The number of anilines is 2. The topological polar surface area (TPSA) is 82.3 Å². The van der Waals surface area contributed by atoms with Crippen molar-refractivity contribution >= 4 is 11.5 Å². The van der Waals surface area contributed by atoms with E-state index in [1.807, 2.05) is 13.8 Å². The second-order valence-corrected chi connectivity index (χ2v) is 5.88. The molecule has 1 aromatic rings. The Hall–Kier alpha value is -1.56. The number of aromatic nitrogens is 2. The molecule has 2 rings (SSSR count). The highest BCUT2D eigenvalue weighted by Gasteiger charge is 2.27. The Morgan fingerprint density at radius 1 is 1.40 bits per heavy atom. The lowest BCUT2D eigenvalue weighted by molar-refractivity contribution is 0.0300. The van der Waals surface area contributed by atoms with Gasteiger partial charge in [-0.2, -0.15) is 4.98 Å². The van der Waals surface area contributed by atoms with Crippen molar-refractivity contribution in [3.8, 4) is 5.88 Å². The SMILES string of the molecule is CC(C)Oc1ncnc(NCC2(C)CCOCC2)c1N. The van der Waals surface area contributed by atoms with Crippen LogP contribution in [0.1, 0.15) is 33.6 Å². The molecule has 0 aromatic carbocycles. The number of hydrogen-bond acceptors (Lipinski definition) is 6. The highest BCUT2D eigenvalue weighted by molar-refractivity contribution is 5.66. The molecule has 2 heterocycles. The molecule has 0 radical (unpaired) electrons.